The molecule has 0 unspecified atom stereocenters. The van der Waals surface area contributed by atoms with Crippen LogP contribution in [-0.4, -0.2) is 43.5 Å². The highest BCUT2D eigenvalue weighted by molar-refractivity contribution is 5.94. The molecule has 1 aromatic carbocycles. The predicted octanol–water partition coefficient (Wildman–Crippen LogP) is 1.22. The second-order valence-electron chi connectivity index (χ2n) is 8.92. The summed E-state index contributed by atoms with van der Waals surface area (Å²) in [5.74, 6) is -1.19. The van der Waals surface area contributed by atoms with E-state index in [-0.39, 0.29) is 30.4 Å². The molecule has 1 aromatic rings. The van der Waals surface area contributed by atoms with E-state index in [1.807, 2.05) is 13.8 Å². The molecule has 1 heterocycles. The summed E-state index contributed by atoms with van der Waals surface area (Å²) in [7, 11) is 0. The Hall–Kier alpha value is -1.89. The third-order valence-corrected chi connectivity index (χ3v) is 7.34. The van der Waals surface area contributed by atoms with Crippen LogP contribution in [-0.2, 0) is 4.79 Å². The fraction of sp³-hybridized carbons (Fsp3) is 0.550. The van der Waals surface area contributed by atoms with Crippen LogP contribution in [0.1, 0.15) is 38.2 Å². The van der Waals surface area contributed by atoms with Crippen LogP contribution in [0.15, 0.2) is 30.0 Å². The van der Waals surface area contributed by atoms with Crippen LogP contribution in [0.25, 0.3) is 0 Å². The maximum absolute atomic E-state index is 12.9. The number of carbonyl (C=O) groups is 1. The van der Waals surface area contributed by atoms with Gasteiger partial charge in [0.05, 0.1) is 18.0 Å². The monoisotopic (exact) mass is 358 g/mol. The number of aliphatic hydroxyl groups excluding tert-OH is 1. The van der Waals surface area contributed by atoms with Gasteiger partial charge in [-0.15, -0.1) is 0 Å². The Morgan fingerprint density at radius 1 is 1.23 bits per heavy atom. The van der Waals surface area contributed by atoms with Crippen LogP contribution in [0.5, 0.6) is 11.5 Å². The fourth-order valence-corrected chi connectivity index (χ4v) is 6.11. The number of hydrogen-bond acceptors (Lipinski definition) is 6. The van der Waals surface area contributed by atoms with Crippen molar-refractivity contribution in [1.29, 1.82) is 0 Å². The number of hydrogen-bond donors (Lipinski definition) is 4. The molecule has 6 heteroatoms. The molecule has 2 bridgehead atoms. The van der Waals surface area contributed by atoms with Gasteiger partial charge in [0.15, 0.2) is 11.4 Å². The van der Waals surface area contributed by atoms with Gasteiger partial charge in [0, 0.05) is 35.5 Å². The smallest absolute Gasteiger partial charge is 0.172 e. The van der Waals surface area contributed by atoms with Crippen molar-refractivity contribution >= 4 is 5.78 Å². The molecule has 4 aliphatic rings. The van der Waals surface area contributed by atoms with Crippen molar-refractivity contribution in [2.24, 2.45) is 17.3 Å². The summed E-state index contributed by atoms with van der Waals surface area (Å²) in [4.78, 5) is 12.9. The zero-order valence-electron chi connectivity index (χ0n) is 14.6. The number of ether oxygens (including phenoxy) is 1. The number of Topliss-reactive ketones (excluding diaryl/α,β-unsaturated/α-hetero) is 1. The number of phenolic OH excluding ortho intramolecular Hbond substituents is 1. The number of ketones is 1. The molecule has 6 nitrogen and oxygen atoms in total. The van der Waals surface area contributed by atoms with E-state index in [0.717, 1.165) is 5.56 Å². The molecule has 6 atom stereocenters. The van der Waals surface area contributed by atoms with E-state index in [1.165, 1.54) is 12.3 Å². The molecule has 3 saturated carbocycles. The van der Waals surface area contributed by atoms with Gasteiger partial charge in [-0.3, -0.25) is 4.79 Å². The highest BCUT2D eigenvalue weighted by atomic mass is 16.5. The van der Waals surface area contributed by atoms with Crippen molar-refractivity contribution in [2.75, 3.05) is 0 Å². The Morgan fingerprint density at radius 3 is 2.69 bits per heavy atom. The highest BCUT2D eigenvalue weighted by Gasteiger charge is 2.74. The van der Waals surface area contributed by atoms with Crippen LogP contribution in [0.4, 0.5) is 0 Å². The first-order valence-electron chi connectivity index (χ1n) is 8.97. The number of benzene rings is 1. The molecule has 138 valence electrons. The maximum atomic E-state index is 12.9. The van der Waals surface area contributed by atoms with Crippen molar-refractivity contribution in [3.05, 3.63) is 35.6 Å². The Kier molecular flexibility index (Phi) is 2.82. The molecule has 0 radical (unpaired) electrons. The zero-order chi connectivity index (χ0) is 18.6. The lowest BCUT2D eigenvalue weighted by molar-refractivity contribution is -0.180. The third-order valence-electron chi connectivity index (χ3n) is 7.34. The molecule has 0 aromatic heterocycles. The van der Waals surface area contributed by atoms with Crippen LogP contribution < -0.4 is 4.74 Å². The summed E-state index contributed by atoms with van der Waals surface area (Å²) < 4.78 is 5.66. The van der Waals surface area contributed by atoms with E-state index in [9.17, 15) is 25.2 Å². The van der Waals surface area contributed by atoms with Gasteiger partial charge in [-0.1, -0.05) is 19.9 Å². The van der Waals surface area contributed by atoms with E-state index in [2.05, 4.69) is 0 Å². The van der Waals surface area contributed by atoms with Crippen molar-refractivity contribution in [3.8, 4) is 11.5 Å². The zero-order valence-corrected chi connectivity index (χ0v) is 14.6. The number of phenols is 1. The molecule has 1 aliphatic heterocycles. The lowest BCUT2D eigenvalue weighted by Gasteiger charge is -2.57. The van der Waals surface area contributed by atoms with Crippen molar-refractivity contribution < 1.29 is 30.0 Å². The Balaban J connectivity index is 1.77. The summed E-state index contributed by atoms with van der Waals surface area (Å²) in [6.07, 6.45) is 0.258. The van der Waals surface area contributed by atoms with E-state index in [0.29, 0.717) is 11.3 Å². The third kappa shape index (κ3) is 1.61. The van der Waals surface area contributed by atoms with Crippen molar-refractivity contribution in [1.82, 2.24) is 0 Å². The van der Waals surface area contributed by atoms with E-state index in [4.69, 9.17) is 4.74 Å². The first kappa shape index (κ1) is 16.3. The normalized spacial score (nSPS) is 44.7. The molecule has 4 N–H and O–H groups in total. The molecule has 5 rings (SSSR count). The number of carbonyl (C=O) groups excluding carboxylic acids is 1. The number of aromatic hydroxyl groups is 1. The van der Waals surface area contributed by atoms with E-state index < -0.39 is 34.4 Å². The standard InChI is InChI=1S/C20H22O6/c1-18(2)11-6-19(24)7-14(22)20(25,16(11)17(19)23)12-8-26-13-5-9(21)3-4-10(13)15(12)18/h3-5,8,11,15-17,21,23-25H,6-7H2,1-2H3/t11-,15-,16+,17-,19+,20+/m1/s1. The SMILES string of the molecule is CC1(C)[C@@H]2C[C@]3(O)CC(=O)[C@@](O)(C4=COc5cc(O)ccc5[C@H]41)[C@@H]2[C@H]3O. The molecule has 3 fully saturated rings. The predicted molar refractivity (Wildman–Crippen MR) is 90.5 cm³/mol. The number of aliphatic hydroxyl groups is 3. The minimum atomic E-state index is -1.84. The number of fused-ring (bicyclic) bond motifs is 5. The topological polar surface area (TPSA) is 107 Å². The van der Waals surface area contributed by atoms with Gasteiger partial charge in [0.1, 0.15) is 11.5 Å². The first-order valence-corrected chi connectivity index (χ1v) is 8.97. The summed E-state index contributed by atoms with van der Waals surface area (Å²) in [5.41, 5.74) is -2.53. The maximum Gasteiger partial charge on any atom is 0.172 e. The van der Waals surface area contributed by atoms with Gasteiger partial charge in [-0.2, -0.15) is 0 Å². The van der Waals surface area contributed by atoms with Crippen molar-refractivity contribution in [2.45, 2.75) is 49.9 Å². The van der Waals surface area contributed by atoms with Crippen molar-refractivity contribution in [3.63, 3.8) is 0 Å². The van der Waals surface area contributed by atoms with Crippen LogP contribution in [0.2, 0.25) is 0 Å². The van der Waals surface area contributed by atoms with Gasteiger partial charge in [0.25, 0.3) is 0 Å². The van der Waals surface area contributed by atoms with E-state index in [1.54, 1.807) is 12.1 Å². The van der Waals surface area contributed by atoms with Crippen LogP contribution >= 0.6 is 0 Å². The largest absolute Gasteiger partial charge is 0.508 e. The molecule has 0 amide bonds. The first-order chi connectivity index (χ1) is 12.1. The molecular weight excluding hydrogens is 336 g/mol. The van der Waals surface area contributed by atoms with Crippen LogP contribution in [0, 0.1) is 17.3 Å². The second-order valence-corrected chi connectivity index (χ2v) is 8.92. The highest BCUT2D eigenvalue weighted by Crippen LogP contribution is 2.69. The second kappa shape index (κ2) is 4.50. The summed E-state index contributed by atoms with van der Waals surface area (Å²) in [6.45, 7) is 4.08. The molecule has 0 spiro atoms. The lowest BCUT2D eigenvalue weighted by atomic mass is 9.49. The minimum absolute atomic E-state index is 0.0772. The van der Waals surface area contributed by atoms with Gasteiger partial charge in [0.2, 0.25) is 0 Å². The Morgan fingerprint density at radius 2 is 1.96 bits per heavy atom. The quantitative estimate of drug-likeness (QED) is 0.556. The summed E-state index contributed by atoms with van der Waals surface area (Å²) in [6, 6.07) is 4.84. The minimum Gasteiger partial charge on any atom is -0.508 e. The molecule has 26 heavy (non-hydrogen) atoms. The Labute approximate surface area is 150 Å². The fourth-order valence-electron chi connectivity index (χ4n) is 6.11. The summed E-state index contributed by atoms with van der Waals surface area (Å²) in [5, 5.41) is 42.9. The van der Waals surface area contributed by atoms with Crippen LogP contribution in [0.3, 0.4) is 0 Å². The van der Waals surface area contributed by atoms with Gasteiger partial charge in [-0.25, -0.2) is 0 Å². The summed E-state index contributed by atoms with van der Waals surface area (Å²) >= 11 is 0. The van der Waals surface area contributed by atoms with Gasteiger partial charge < -0.3 is 25.2 Å². The molecule has 0 saturated heterocycles. The molecule has 3 aliphatic carbocycles. The molecular formula is C20H22O6. The lowest BCUT2D eigenvalue weighted by Crippen LogP contribution is -2.66. The Bertz CT molecular complexity index is 873. The van der Waals surface area contributed by atoms with Gasteiger partial charge >= 0.3 is 0 Å². The number of rotatable bonds is 0. The van der Waals surface area contributed by atoms with E-state index >= 15 is 0 Å². The average molecular weight is 358 g/mol. The van der Waals surface area contributed by atoms with Gasteiger partial charge in [-0.05, 0) is 23.8 Å². The average Bonchev–Trinajstić information content (AvgIpc) is 2.79.